The van der Waals surface area contributed by atoms with Crippen LogP contribution in [0.5, 0.6) is 0 Å². The van der Waals surface area contributed by atoms with E-state index in [0.29, 0.717) is 11.7 Å². The first-order valence-electron chi connectivity index (χ1n) is 5.53. The van der Waals surface area contributed by atoms with Crippen molar-refractivity contribution in [3.05, 3.63) is 18.1 Å². The van der Waals surface area contributed by atoms with Crippen LogP contribution in [0.25, 0.3) is 0 Å². The lowest BCUT2D eigenvalue weighted by Gasteiger charge is -2.24. The van der Waals surface area contributed by atoms with Crippen molar-refractivity contribution in [1.29, 1.82) is 0 Å². The molecule has 1 atom stereocenters. The first kappa shape index (κ1) is 10.4. The van der Waals surface area contributed by atoms with E-state index in [2.05, 4.69) is 21.8 Å². The fourth-order valence-electron chi connectivity index (χ4n) is 2.17. The summed E-state index contributed by atoms with van der Waals surface area (Å²) in [5.74, 6) is 0.908. The Balaban J connectivity index is 2.20. The van der Waals surface area contributed by atoms with Crippen molar-refractivity contribution in [2.24, 2.45) is 0 Å². The second kappa shape index (κ2) is 4.57. The zero-order chi connectivity index (χ0) is 10.7. The first-order valence-corrected chi connectivity index (χ1v) is 5.53. The molecule has 1 aliphatic heterocycles. The Bertz CT molecular complexity index is 329. The van der Waals surface area contributed by atoms with Gasteiger partial charge in [-0.2, -0.15) is 0 Å². The maximum atomic E-state index is 9.01. The quantitative estimate of drug-likeness (QED) is 0.812. The average molecular weight is 207 g/mol. The van der Waals surface area contributed by atoms with Gasteiger partial charge in [0.25, 0.3) is 0 Å². The Hall–Kier alpha value is -1.16. The van der Waals surface area contributed by atoms with Gasteiger partial charge in [-0.3, -0.25) is 4.98 Å². The van der Waals surface area contributed by atoms with Gasteiger partial charge in [-0.25, -0.2) is 4.98 Å². The van der Waals surface area contributed by atoms with Crippen LogP contribution in [-0.2, 0) is 6.61 Å². The van der Waals surface area contributed by atoms with Crippen molar-refractivity contribution < 1.29 is 5.11 Å². The minimum Gasteiger partial charge on any atom is -0.390 e. The van der Waals surface area contributed by atoms with Gasteiger partial charge in [0.05, 0.1) is 24.7 Å². The smallest absolute Gasteiger partial charge is 0.147 e. The highest BCUT2D eigenvalue weighted by Gasteiger charge is 2.24. The molecule has 1 unspecified atom stereocenters. The SMILES string of the molecule is CCC1CCCN1c1cncc(CO)n1. The summed E-state index contributed by atoms with van der Waals surface area (Å²) in [5, 5.41) is 9.01. The Morgan fingerprint density at radius 3 is 3.13 bits per heavy atom. The summed E-state index contributed by atoms with van der Waals surface area (Å²) in [6, 6.07) is 0.591. The second-order valence-corrected chi connectivity index (χ2v) is 3.92. The fourth-order valence-corrected chi connectivity index (χ4v) is 2.17. The molecule has 0 aliphatic carbocycles. The molecule has 1 N–H and O–H groups in total. The highest BCUT2D eigenvalue weighted by Crippen LogP contribution is 2.25. The fraction of sp³-hybridized carbons (Fsp3) is 0.636. The van der Waals surface area contributed by atoms with Gasteiger partial charge in [-0.15, -0.1) is 0 Å². The van der Waals surface area contributed by atoms with Gasteiger partial charge in [0.2, 0.25) is 0 Å². The molecule has 1 saturated heterocycles. The number of nitrogens with zero attached hydrogens (tertiary/aromatic N) is 3. The first-order chi connectivity index (χ1) is 7.35. The summed E-state index contributed by atoms with van der Waals surface area (Å²) in [6.45, 7) is 3.22. The van der Waals surface area contributed by atoms with E-state index in [0.717, 1.165) is 18.8 Å². The average Bonchev–Trinajstić information content (AvgIpc) is 2.77. The van der Waals surface area contributed by atoms with E-state index < -0.39 is 0 Å². The summed E-state index contributed by atoms with van der Waals surface area (Å²) in [5.41, 5.74) is 0.647. The van der Waals surface area contributed by atoms with Crippen LogP contribution in [0.15, 0.2) is 12.4 Å². The minimum absolute atomic E-state index is 0.0362. The monoisotopic (exact) mass is 207 g/mol. The van der Waals surface area contributed by atoms with Crippen molar-refractivity contribution in [1.82, 2.24) is 9.97 Å². The lowest BCUT2D eigenvalue weighted by Crippen LogP contribution is -2.29. The molecule has 1 aliphatic rings. The summed E-state index contributed by atoms with van der Waals surface area (Å²) < 4.78 is 0. The molecule has 4 nitrogen and oxygen atoms in total. The zero-order valence-corrected chi connectivity index (χ0v) is 9.06. The number of aliphatic hydroxyl groups is 1. The Morgan fingerprint density at radius 1 is 1.53 bits per heavy atom. The van der Waals surface area contributed by atoms with Crippen LogP contribution in [0, 0.1) is 0 Å². The lowest BCUT2D eigenvalue weighted by molar-refractivity contribution is 0.276. The number of anilines is 1. The molecule has 0 bridgehead atoms. The van der Waals surface area contributed by atoms with Gasteiger partial charge >= 0.3 is 0 Å². The van der Waals surface area contributed by atoms with E-state index in [-0.39, 0.29) is 6.61 Å². The Labute approximate surface area is 90.0 Å². The van der Waals surface area contributed by atoms with Crippen LogP contribution in [-0.4, -0.2) is 27.7 Å². The molecule has 15 heavy (non-hydrogen) atoms. The largest absolute Gasteiger partial charge is 0.390 e. The van der Waals surface area contributed by atoms with Crippen LogP contribution < -0.4 is 4.90 Å². The van der Waals surface area contributed by atoms with E-state index in [1.165, 1.54) is 12.8 Å². The summed E-state index contributed by atoms with van der Waals surface area (Å²) in [6.07, 6.45) is 7.00. The van der Waals surface area contributed by atoms with Gasteiger partial charge in [0.1, 0.15) is 5.82 Å². The third-order valence-corrected chi connectivity index (χ3v) is 2.98. The van der Waals surface area contributed by atoms with Crippen LogP contribution in [0.4, 0.5) is 5.82 Å². The van der Waals surface area contributed by atoms with Crippen LogP contribution in [0.3, 0.4) is 0 Å². The van der Waals surface area contributed by atoms with Gasteiger partial charge < -0.3 is 10.0 Å². The van der Waals surface area contributed by atoms with Crippen molar-refractivity contribution >= 4 is 5.82 Å². The van der Waals surface area contributed by atoms with Crippen LogP contribution in [0.1, 0.15) is 31.9 Å². The molecule has 1 fully saturated rings. The van der Waals surface area contributed by atoms with Crippen molar-refractivity contribution in [2.45, 2.75) is 38.8 Å². The molecule has 1 aromatic heterocycles. The van der Waals surface area contributed by atoms with Gasteiger partial charge in [-0.05, 0) is 19.3 Å². The minimum atomic E-state index is -0.0362. The normalized spacial score (nSPS) is 20.9. The molecule has 0 amide bonds. The summed E-state index contributed by atoms with van der Waals surface area (Å²) in [7, 11) is 0. The topological polar surface area (TPSA) is 49.2 Å². The molecule has 2 rings (SSSR count). The third kappa shape index (κ3) is 2.09. The van der Waals surface area contributed by atoms with Crippen molar-refractivity contribution in [3.63, 3.8) is 0 Å². The molecule has 1 aromatic rings. The molecule has 0 saturated carbocycles. The van der Waals surface area contributed by atoms with Gasteiger partial charge in [0.15, 0.2) is 0 Å². The Kier molecular flexibility index (Phi) is 3.16. The number of hydrogen-bond donors (Lipinski definition) is 1. The molecule has 4 heteroatoms. The molecule has 2 heterocycles. The predicted octanol–water partition coefficient (Wildman–Crippen LogP) is 1.35. The van der Waals surface area contributed by atoms with Gasteiger partial charge in [-0.1, -0.05) is 6.92 Å². The second-order valence-electron chi connectivity index (χ2n) is 3.92. The standard InChI is InChI=1S/C11H17N3O/c1-2-10-4-3-5-14(10)11-7-12-6-9(8-15)13-11/h6-7,10,15H,2-5,8H2,1H3. The number of rotatable bonds is 3. The molecular weight excluding hydrogens is 190 g/mol. The number of aromatic nitrogens is 2. The van der Waals surface area contributed by atoms with E-state index in [4.69, 9.17) is 5.11 Å². The molecule has 82 valence electrons. The zero-order valence-electron chi connectivity index (χ0n) is 9.06. The van der Waals surface area contributed by atoms with Crippen LogP contribution >= 0.6 is 0 Å². The summed E-state index contributed by atoms with van der Waals surface area (Å²) in [4.78, 5) is 10.8. The van der Waals surface area contributed by atoms with E-state index >= 15 is 0 Å². The molecular formula is C11H17N3O. The van der Waals surface area contributed by atoms with Crippen molar-refractivity contribution in [3.8, 4) is 0 Å². The molecule has 0 spiro atoms. The molecule has 0 aromatic carbocycles. The number of hydrogen-bond acceptors (Lipinski definition) is 4. The maximum absolute atomic E-state index is 9.01. The lowest BCUT2D eigenvalue weighted by atomic mass is 10.2. The van der Waals surface area contributed by atoms with E-state index in [1.807, 2.05) is 0 Å². The van der Waals surface area contributed by atoms with E-state index in [1.54, 1.807) is 12.4 Å². The maximum Gasteiger partial charge on any atom is 0.147 e. The third-order valence-electron chi connectivity index (χ3n) is 2.98. The van der Waals surface area contributed by atoms with Crippen molar-refractivity contribution in [2.75, 3.05) is 11.4 Å². The van der Waals surface area contributed by atoms with Gasteiger partial charge in [0, 0.05) is 12.6 Å². The Morgan fingerprint density at radius 2 is 2.40 bits per heavy atom. The van der Waals surface area contributed by atoms with Crippen LogP contribution in [0.2, 0.25) is 0 Å². The highest BCUT2D eigenvalue weighted by molar-refractivity contribution is 5.39. The predicted molar refractivity (Wildman–Crippen MR) is 58.6 cm³/mol. The highest BCUT2D eigenvalue weighted by atomic mass is 16.3. The molecule has 0 radical (unpaired) electrons. The van der Waals surface area contributed by atoms with E-state index in [9.17, 15) is 0 Å². The number of aliphatic hydroxyl groups excluding tert-OH is 1. The summed E-state index contributed by atoms with van der Waals surface area (Å²) >= 11 is 0.